The smallest absolute Gasteiger partial charge is 0.222 e. The van der Waals surface area contributed by atoms with E-state index in [-0.39, 0.29) is 18.7 Å². The summed E-state index contributed by atoms with van der Waals surface area (Å²) in [5.41, 5.74) is 2.46. The molecule has 1 N–H and O–H groups in total. The number of aryl methyl sites for hydroxylation is 2. The second-order valence-corrected chi connectivity index (χ2v) is 20.8. The molecule has 2 aliphatic rings. The largest absolute Gasteiger partial charge is 0.379 e. The van der Waals surface area contributed by atoms with Gasteiger partial charge in [0.25, 0.3) is 0 Å². The first-order valence-corrected chi connectivity index (χ1v) is 29.0. The summed E-state index contributed by atoms with van der Waals surface area (Å²) in [6.07, 6.45) is 11.1. The van der Waals surface area contributed by atoms with Crippen LogP contribution in [0.5, 0.6) is 0 Å². The van der Waals surface area contributed by atoms with E-state index >= 15 is 0 Å². The van der Waals surface area contributed by atoms with Crippen LogP contribution in [-0.2, 0) is 68.1 Å². The zero-order valence-corrected chi connectivity index (χ0v) is 46.4. The third kappa shape index (κ3) is 30.3. The normalized spacial score (nSPS) is 18.6. The maximum Gasteiger partial charge on any atom is 0.222 e. The van der Waals surface area contributed by atoms with Crippen molar-refractivity contribution < 1.29 is 61.6 Å². The van der Waals surface area contributed by atoms with E-state index in [9.17, 15) is 4.79 Å². The van der Waals surface area contributed by atoms with Gasteiger partial charge in [-0.2, -0.15) is 11.8 Å². The first-order chi connectivity index (χ1) is 35.4. The quantitative estimate of drug-likeness (QED) is 0.0508. The van der Waals surface area contributed by atoms with Gasteiger partial charge >= 0.3 is 0 Å². The molecule has 1 aliphatic heterocycles. The van der Waals surface area contributed by atoms with Crippen molar-refractivity contribution in [1.82, 2.24) is 15.2 Å². The number of halogens is 1. The maximum absolute atomic E-state index is 12.5. The van der Waals surface area contributed by atoms with E-state index in [4.69, 9.17) is 73.4 Å². The minimum absolute atomic E-state index is 0.0206. The molecular weight excluding hydrogens is 986 g/mol. The zero-order valence-electron chi connectivity index (χ0n) is 44.0. The average molecular weight is 1080 g/mol. The Kier molecular flexibility index (Phi) is 37.2. The van der Waals surface area contributed by atoms with Crippen LogP contribution < -0.4 is 5.32 Å². The van der Waals surface area contributed by atoms with Crippen LogP contribution in [0.15, 0.2) is 24.3 Å². The Morgan fingerprint density at radius 2 is 1.17 bits per heavy atom. The van der Waals surface area contributed by atoms with Crippen LogP contribution in [0.1, 0.15) is 91.8 Å². The van der Waals surface area contributed by atoms with E-state index in [1.807, 2.05) is 23.5 Å². The van der Waals surface area contributed by atoms with Crippen LogP contribution in [0.2, 0.25) is 5.02 Å². The third-order valence-corrected chi connectivity index (χ3v) is 15.0. The molecule has 2 atom stereocenters. The third-order valence-electron chi connectivity index (χ3n) is 12.4. The molecule has 1 aliphatic carbocycles. The molecule has 0 spiro atoms. The lowest BCUT2D eigenvalue weighted by atomic mass is 9.84. The molecular formula is C53H90ClN3O13S2. The highest BCUT2D eigenvalue weighted by Crippen LogP contribution is 2.39. The molecule has 1 aromatic heterocycles. The molecule has 72 heavy (non-hydrogen) atoms. The lowest BCUT2D eigenvalue weighted by Gasteiger charge is -2.46. The lowest BCUT2D eigenvalue weighted by molar-refractivity contribution is -0.122. The standard InChI is InChI=1S/C53H90ClN3O13S2/c1-4-5-6-7-17-59-18-19-60-20-21-61-22-23-62-24-25-63-26-27-64-28-29-65-30-31-66-32-33-67-34-35-68-36-37-69-43-55-52(58)16-38-71-42-51-40-57(50(41-70-51)39-46-8-12-48(54)13-9-46)49-14-10-47(11-15-49)53-56-44(2)45(3)72-53/h8-9,12-13,47,49-51H,4-7,10-11,14-43H2,1-3H3,(H,55,58). The van der Waals surface area contributed by atoms with Gasteiger partial charge in [0.1, 0.15) is 6.73 Å². The van der Waals surface area contributed by atoms with E-state index < -0.39 is 0 Å². The highest BCUT2D eigenvalue weighted by Gasteiger charge is 2.36. The summed E-state index contributed by atoms with van der Waals surface area (Å²) >= 11 is 9.86. The summed E-state index contributed by atoms with van der Waals surface area (Å²) in [7, 11) is 0. The number of carbonyl (C=O) groups excluding carboxylic acids is 1. The number of amides is 1. The Bertz CT molecular complexity index is 1580. The molecule has 16 nitrogen and oxygen atoms in total. The predicted octanol–water partition coefficient (Wildman–Crippen LogP) is 7.71. The number of ether oxygens (including phenoxy) is 12. The van der Waals surface area contributed by atoms with E-state index in [2.05, 4.69) is 43.1 Å². The summed E-state index contributed by atoms with van der Waals surface area (Å²) < 4.78 is 67.4. The number of hydrogen-bond donors (Lipinski definition) is 1. The molecule has 1 amide bonds. The van der Waals surface area contributed by atoms with Gasteiger partial charge in [0, 0.05) is 59.0 Å². The molecule has 0 bridgehead atoms. The average Bonchev–Trinajstić information content (AvgIpc) is 3.73. The molecule has 1 saturated carbocycles. The van der Waals surface area contributed by atoms with Gasteiger partial charge in [-0.05, 0) is 70.1 Å². The van der Waals surface area contributed by atoms with Gasteiger partial charge in [-0.1, -0.05) is 49.9 Å². The van der Waals surface area contributed by atoms with Gasteiger partial charge in [0.2, 0.25) is 5.91 Å². The summed E-state index contributed by atoms with van der Waals surface area (Å²) in [5.74, 6) is 2.14. The van der Waals surface area contributed by atoms with Crippen molar-refractivity contribution in [1.29, 1.82) is 0 Å². The molecule has 2 fully saturated rings. The van der Waals surface area contributed by atoms with Crippen molar-refractivity contribution in [3.8, 4) is 0 Å². The van der Waals surface area contributed by atoms with Crippen molar-refractivity contribution in [2.24, 2.45) is 0 Å². The Balaban J connectivity index is 0.849. The van der Waals surface area contributed by atoms with Gasteiger partial charge in [-0.3, -0.25) is 9.69 Å². The van der Waals surface area contributed by atoms with Gasteiger partial charge in [-0.25, -0.2) is 4.98 Å². The van der Waals surface area contributed by atoms with Crippen molar-refractivity contribution in [3.63, 3.8) is 0 Å². The SMILES string of the molecule is CCCCCCOCCOCCOCCOCCOCCOCCOCCOCCOCCOCCOCNC(=O)CCSCC1CN(C2CCC(c3nc(C)c(C)s3)CC2)C(Cc2ccc(Cl)cc2)CO1. The number of benzene rings is 1. The number of unbranched alkanes of at least 4 members (excludes halogenated alkanes) is 3. The van der Waals surface area contributed by atoms with E-state index in [0.717, 1.165) is 42.5 Å². The Morgan fingerprint density at radius 1 is 0.681 bits per heavy atom. The van der Waals surface area contributed by atoms with Gasteiger partial charge in [0.15, 0.2) is 0 Å². The topological polar surface area (TPSA) is 156 Å². The lowest BCUT2D eigenvalue weighted by Crippen LogP contribution is -2.56. The fourth-order valence-corrected chi connectivity index (χ4v) is 10.4. The number of rotatable bonds is 46. The first kappa shape index (κ1) is 63.0. The molecule has 1 aromatic carbocycles. The summed E-state index contributed by atoms with van der Waals surface area (Å²) in [4.78, 5) is 21.5. The molecule has 2 unspecified atom stereocenters. The number of nitrogens with one attached hydrogen (secondary N) is 1. The maximum atomic E-state index is 12.5. The highest BCUT2D eigenvalue weighted by atomic mass is 35.5. The molecule has 2 aromatic rings. The van der Waals surface area contributed by atoms with Gasteiger partial charge < -0.3 is 62.2 Å². The minimum atomic E-state index is -0.0206. The van der Waals surface area contributed by atoms with Crippen LogP contribution in [0.25, 0.3) is 0 Å². The van der Waals surface area contributed by atoms with Crippen molar-refractivity contribution in [2.75, 3.05) is 170 Å². The van der Waals surface area contributed by atoms with E-state index in [1.54, 1.807) is 11.8 Å². The molecule has 19 heteroatoms. The minimum Gasteiger partial charge on any atom is -0.379 e. The molecule has 0 radical (unpaired) electrons. The molecule has 4 rings (SSSR count). The highest BCUT2D eigenvalue weighted by molar-refractivity contribution is 7.99. The summed E-state index contributed by atoms with van der Waals surface area (Å²) in [5, 5.41) is 4.93. The number of hydrogen-bond acceptors (Lipinski definition) is 17. The van der Waals surface area contributed by atoms with Crippen molar-refractivity contribution in [3.05, 3.63) is 50.4 Å². The molecule has 1 saturated heterocycles. The zero-order chi connectivity index (χ0) is 50.9. The van der Waals surface area contributed by atoms with Crippen LogP contribution in [0.3, 0.4) is 0 Å². The van der Waals surface area contributed by atoms with E-state index in [0.29, 0.717) is 163 Å². The van der Waals surface area contributed by atoms with Gasteiger partial charge in [0.05, 0.1) is 156 Å². The first-order valence-electron chi connectivity index (χ1n) is 26.7. The second-order valence-electron chi connectivity index (χ2n) is 18.0. The Hall–Kier alpha value is -1.56. The van der Waals surface area contributed by atoms with Crippen molar-refractivity contribution >= 4 is 40.6 Å². The number of thiazole rings is 1. The fourth-order valence-electron chi connectivity index (χ4n) is 8.22. The van der Waals surface area contributed by atoms with Crippen LogP contribution in [0, 0.1) is 13.8 Å². The second kappa shape index (κ2) is 42.5. The predicted molar refractivity (Wildman–Crippen MR) is 285 cm³/mol. The molecule has 414 valence electrons. The number of morpholine rings is 1. The van der Waals surface area contributed by atoms with Crippen LogP contribution >= 0.6 is 34.7 Å². The number of thioether (sulfide) groups is 1. The number of carbonyl (C=O) groups is 1. The van der Waals surface area contributed by atoms with Gasteiger partial charge in [-0.15, -0.1) is 11.3 Å². The Labute approximate surface area is 445 Å². The monoisotopic (exact) mass is 1080 g/mol. The van der Waals surface area contributed by atoms with Crippen molar-refractivity contribution in [2.45, 2.75) is 109 Å². The number of nitrogens with zero attached hydrogens (tertiary/aromatic N) is 2. The number of aromatic nitrogens is 1. The molecule has 2 heterocycles. The summed E-state index contributed by atoms with van der Waals surface area (Å²) in [6.45, 7) is 19.2. The summed E-state index contributed by atoms with van der Waals surface area (Å²) in [6, 6.07) is 9.10. The fraction of sp³-hybridized carbons (Fsp3) is 0.811. The van der Waals surface area contributed by atoms with Crippen LogP contribution in [-0.4, -0.2) is 204 Å². The van der Waals surface area contributed by atoms with E-state index in [1.165, 1.54) is 66.1 Å². The Morgan fingerprint density at radius 3 is 1.64 bits per heavy atom. The van der Waals surface area contributed by atoms with Crippen LogP contribution in [0.4, 0.5) is 0 Å².